The van der Waals surface area contributed by atoms with Crippen LogP contribution in [-0.2, 0) is 4.74 Å². The first-order valence-electron chi connectivity index (χ1n) is 6.35. The molecule has 1 atom stereocenters. The number of para-hydroxylation sites is 1. The van der Waals surface area contributed by atoms with E-state index in [4.69, 9.17) is 19.9 Å². The summed E-state index contributed by atoms with van der Waals surface area (Å²) in [5, 5.41) is 1.95. The highest BCUT2D eigenvalue weighted by Crippen LogP contribution is 2.33. The minimum atomic E-state index is -0.220. The number of nitrogens with two attached hydrogens (primary N) is 1. The summed E-state index contributed by atoms with van der Waals surface area (Å²) in [6, 6.07) is 9.55. The van der Waals surface area contributed by atoms with Gasteiger partial charge in [0.15, 0.2) is 0 Å². The van der Waals surface area contributed by atoms with Crippen LogP contribution in [0.15, 0.2) is 35.7 Å². The van der Waals surface area contributed by atoms with Crippen molar-refractivity contribution in [1.82, 2.24) is 0 Å². The van der Waals surface area contributed by atoms with Crippen LogP contribution in [0, 0.1) is 0 Å². The summed E-state index contributed by atoms with van der Waals surface area (Å²) in [4.78, 5) is 1.05. The molecule has 4 nitrogen and oxygen atoms in total. The summed E-state index contributed by atoms with van der Waals surface area (Å²) in [6.45, 7) is 1.06. The van der Waals surface area contributed by atoms with Crippen LogP contribution in [0.2, 0.25) is 0 Å². The number of hydrogen-bond donors (Lipinski definition) is 1. The van der Waals surface area contributed by atoms with Crippen molar-refractivity contribution in [2.24, 2.45) is 5.73 Å². The fourth-order valence-electron chi connectivity index (χ4n) is 1.86. The Morgan fingerprint density at radius 2 is 2.00 bits per heavy atom. The highest BCUT2D eigenvalue weighted by Gasteiger charge is 2.16. The van der Waals surface area contributed by atoms with Crippen LogP contribution in [0.4, 0.5) is 0 Å². The van der Waals surface area contributed by atoms with Gasteiger partial charge in [-0.05, 0) is 12.1 Å². The molecule has 0 aliphatic rings. The maximum Gasteiger partial charge on any atom is 0.129 e. The van der Waals surface area contributed by atoms with E-state index in [0.29, 0.717) is 13.2 Å². The third kappa shape index (κ3) is 3.50. The zero-order chi connectivity index (χ0) is 14.4. The Kier molecular flexibility index (Phi) is 5.40. The van der Waals surface area contributed by atoms with Crippen molar-refractivity contribution in [2.75, 3.05) is 27.4 Å². The highest BCUT2D eigenvalue weighted by molar-refractivity contribution is 7.10. The van der Waals surface area contributed by atoms with E-state index < -0.39 is 0 Å². The smallest absolute Gasteiger partial charge is 0.129 e. The molecule has 1 unspecified atom stereocenters. The maximum absolute atomic E-state index is 6.33. The molecule has 2 N–H and O–H groups in total. The molecule has 1 aromatic heterocycles. The first kappa shape index (κ1) is 14.8. The molecule has 1 aromatic carbocycles. The lowest BCUT2D eigenvalue weighted by Crippen LogP contribution is -2.13. The first-order chi connectivity index (χ1) is 9.76. The van der Waals surface area contributed by atoms with Gasteiger partial charge in [-0.25, -0.2) is 0 Å². The number of benzene rings is 1. The molecule has 2 rings (SSSR count). The van der Waals surface area contributed by atoms with Crippen molar-refractivity contribution in [3.63, 3.8) is 0 Å². The average Bonchev–Trinajstić information content (AvgIpc) is 2.96. The first-order valence-corrected chi connectivity index (χ1v) is 7.23. The summed E-state index contributed by atoms with van der Waals surface area (Å²) in [5.74, 6) is 1.63. The van der Waals surface area contributed by atoms with Gasteiger partial charge in [-0.1, -0.05) is 18.2 Å². The number of rotatable bonds is 7. The van der Waals surface area contributed by atoms with Gasteiger partial charge in [-0.3, -0.25) is 0 Å². The standard InChI is InChI=1S/C15H19NO3S/c1-17-7-8-19-13-6-4-3-5-12(13)15(16)14-9-11(18-2)10-20-14/h3-6,9-10,15H,7-8,16H2,1-2H3. The van der Waals surface area contributed by atoms with Gasteiger partial charge < -0.3 is 19.9 Å². The fraction of sp³-hybridized carbons (Fsp3) is 0.333. The summed E-state index contributed by atoms with van der Waals surface area (Å²) in [6.07, 6.45) is 0. The van der Waals surface area contributed by atoms with E-state index in [2.05, 4.69) is 0 Å². The van der Waals surface area contributed by atoms with Gasteiger partial charge in [-0.15, -0.1) is 11.3 Å². The lowest BCUT2D eigenvalue weighted by molar-refractivity contribution is 0.145. The molecule has 0 fully saturated rings. The topological polar surface area (TPSA) is 53.7 Å². The van der Waals surface area contributed by atoms with E-state index in [1.54, 1.807) is 25.6 Å². The second kappa shape index (κ2) is 7.28. The Labute approximate surface area is 123 Å². The number of hydrogen-bond acceptors (Lipinski definition) is 5. The summed E-state index contributed by atoms with van der Waals surface area (Å²) in [7, 11) is 3.30. The van der Waals surface area contributed by atoms with Gasteiger partial charge in [0.05, 0.1) is 19.8 Å². The molecule has 1 heterocycles. The molecule has 108 valence electrons. The van der Waals surface area contributed by atoms with Crippen molar-refractivity contribution in [3.05, 3.63) is 46.2 Å². The molecule has 5 heteroatoms. The van der Waals surface area contributed by atoms with Crippen LogP contribution >= 0.6 is 11.3 Å². The Morgan fingerprint density at radius 1 is 1.20 bits per heavy atom. The molecular weight excluding hydrogens is 274 g/mol. The maximum atomic E-state index is 6.33. The van der Waals surface area contributed by atoms with Crippen LogP contribution in [0.1, 0.15) is 16.5 Å². The van der Waals surface area contributed by atoms with Gasteiger partial charge in [0.25, 0.3) is 0 Å². The molecule has 0 saturated carbocycles. The van der Waals surface area contributed by atoms with Crippen molar-refractivity contribution in [1.29, 1.82) is 0 Å². The Balaban J connectivity index is 2.18. The van der Waals surface area contributed by atoms with Gasteiger partial charge in [-0.2, -0.15) is 0 Å². The third-order valence-corrected chi connectivity index (χ3v) is 3.93. The van der Waals surface area contributed by atoms with E-state index in [-0.39, 0.29) is 6.04 Å². The lowest BCUT2D eigenvalue weighted by Gasteiger charge is -2.15. The summed E-state index contributed by atoms with van der Waals surface area (Å²) in [5.41, 5.74) is 7.30. The number of thiophene rings is 1. The van der Waals surface area contributed by atoms with Gasteiger partial charge >= 0.3 is 0 Å². The molecule has 20 heavy (non-hydrogen) atoms. The number of methoxy groups -OCH3 is 2. The van der Waals surface area contributed by atoms with Gasteiger partial charge in [0.1, 0.15) is 18.1 Å². The van der Waals surface area contributed by atoms with Crippen molar-refractivity contribution >= 4 is 11.3 Å². The molecule has 0 aliphatic heterocycles. The van der Waals surface area contributed by atoms with Crippen LogP contribution in [0.3, 0.4) is 0 Å². The van der Waals surface area contributed by atoms with E-state index in [1.165, 1.54) is 0 Å². The van der Waals surface area contributed by atoms with Gasteiger partial charge in [0, 0.05) is 22.9 Å². The lowest BCUT2D eigenvalue weighted by atomic mass is 10.1. The zero-order valence-electron chi connectivity index (χ0n) is 11.7. The van der Waals surface area contributed by atoms with Crippen molar-refractivity contribution < 1.29 is 14.2 Å². The zero-order valence-corrected chi connectivity index (χ0v) is 12.5. The average molecular weight is 293 g/mol. The Hall–Kier alpha value is -1.56. The third-order valence-electron chi connectivity index (χ3n) is 2.94. The van der Waals surface area contributed by atoms with Crippen molar-refractivity contribution in [3.8, 4) is 11.5 Å². The van der Waals surface area contributed by atoms with E-state index in [0.717, 1.165) is 21.9 Å². The summed E-state index contributed by atoms with van der Waals surface area (Å²) >= 11 is 1.58. The van der Waals surface area contributed by atoms with Crippen molar-refractivity contribution in [2.45, 2.75) is 6.04 Å². The minimum absolute atomic E-state index is 0.220. The predicted molar refractivity (Wildman–Crippen MR) is 80.7 cm³/mol. The molecule has 0 aliphatic carbocycles. The second-order valence-corrected chi connectivity index (χ2v) is 5.19. The van der Waals surface area contributed by atoms with E-state index in [1.807, 2.05) is 35.7 Å². The number of ether oxygens (including phenoxy) is 3. The fourth-order valence-corrected chi connectivity index (χ4v) is 2.74. The molecule has 0 amide bonds. The molecule has 0 radical (unpaired) electrons. The Morgan fingerprint density at radius 3 is 2.70 bits per heavy atom. The molecular formula is C15H19NO3S. The largest absolute Gasteiger partial charge is 0.496 e. The molecule has 0 spiro atoms. The normalized spacial score (nSPS) is 12.2. The molecule has 0 bridgehead atoms. The molecule has 2 aromatic rings. The van der Waals surface area contributed by atoms with E-state index >= 15 is 0 Å². The highest BCUT2D eigenvalue weighted by atomic mass is 32.1. The summed E-state index contributed by atoms with van der Waals surface area (Å²) < 4.78 is 15.9. The molecule has 0 saturated heterocycles. The SMILES string of the molecule is COCCOc1ccccc1C(N)c1cc(OC)cs1. The predicted octanol–water partition coefficient (Wildman–Crippen LogP) is 2.83. The monoisotopic (exact) mass is 293 g/mol. The Bertz CT molecular complexity index is 541. The van der Waals surface area contributed by atoms with Gasteiger partial charge in [0.2, 0.25) is 0 Å². The van der Waals surface area contributed by atoms with Crippen LogP contribution in [-0.4, -0.2) is 27.4 Å². The quantitative estimate of drug-likeness (QED) is 0.798. The van der Waals surface area contributed by atoms with Crippen LogP contribution in [0.5, 0.6) is 11.5 Å². The van der Waals surface area contributed by atoms with Crippen LogP contribution in [0.25, 0.3) is 0 Å². The van der Waals surface area contributed by atoms with Crippen LogP contribution < -0.4 is 15.2 Å². The van der Waals surface area contributed by atoms with E-state index in [9.17, 15) is 0 Å². The second-order valence-electron chi connectivity index (χ2n) is 4.25. The minimum Gasteiger partial charge on any atom is -0.496 e.